The molecule has 0 atom stereocenters. The average Bonchev–Trinajstić information content (AvgIpc) is 2.64. The van der Waals surface area contributed by atoms with E-state index in [2.05, 4.69) is 4.99 Å². The number of halogens is 4. The van der Waals surface area contributed by atoms with Crippen LogP contribution in [-0.4, -0.2) is 26.1 Å². The Morgan fingerprint density at radius 1 is 1.24 bits per heavy atom. The van der Waals surface area contributed by atoms with E-state index in [4.69, 9.17) is 21.8 Å². The molecule has 2 rings (SSSR count). The first-order valence-corrected chi connectivity index (χ1v) is 11.1. The van der Waals surface area contributed by atoms with Crippen molar-refractivity contribution in [1.29, 1.82) is 5.26 Å². The van der Waals surface area contributed by atoms with Crippen LogP contribution in [0.3, 0.4) is 0 Å². The fourth-order valence-corrected chi connectivity index (χ4v) is 3.53. The Labute approximate surface area is 174 Å². The van der Waals surface area contributed by atoms with Gasteiger partial charge in [0.25, 0.3) is 0 Å². The van der Waals surface area contributed by atoms with Gasteiger partial charge in [-0.1, -0.05) is 11.8 Å². The summed E-state index contributed by atoms with van der Waals surface area (Å²) in [5.74, 6) is -0.476. The number of alkyl halides is 3. The number of nitriles is 1. The smallest absolute Gasteiger partial charge is 0.420 e. The molecule has 0 spiro atoms. The van der Waals surface area contributed by atoms with Crippen LogP contribution in [0.1, 0.15) is 5.56 Å². The van der Waals surface area contributed by atoms with Gasteiger partial charge in [0.2, 0.25) is 6.19 Å². The molecular weight excluding hydrogens is 451 g/mol. The van der Waals surface area contributed by atoms with Crippen molar-refractivity contribution in [3.63, 3.8) is 0 Å². The monoisotopic (exact) mass is 463 g/mol. The Kier molecular flexibility index (Phi) is 7.05. The fourth-order valence-electron chi connectivity index (χ4n) is 2.16. The molecule has 0 saturated carbocycles. The zero-order chi connectivity index (χ0) is 21.8. The third kappa shape index (κ3) is 5.79. The minimum Gasteiger partial charge on any atom is -0.457 e. The number of hydrogen-bond acceptors (Lipinski definition) is 6. The third-order valence-corrected chi connectivity index (χ3v) is 5.69. The summed E-state index contributed by atoms with van der Waals surface area (Å²) in [6.45, 7) is 0. The highest BCUT2D eigenvalue weighted by atomic mass is 35.5. The van der Waals surface area contributed by atoms with Gasteiger partial charge in [0.05, 0.1) is 10.6 Å². The van der Waals surface area contributed by atoms with E-state index >= 15 is 0 Å². The standard InChI is InChI=1S/C17H13ClF3N3O3S2/c1-28-16(23-10-22)24(18)11-3-8-15(14(9-11)17(19,20)21)27-12-4-6-13(7-5-12)29(2,25)26/h3-9H,1-2H3. The summed E-state index contributed by atoms with van der Waals surface area (Å²) in [4.78, 5) is 3.46. The average molecular weight is 464 g/mol. The molecule has 6 nitrogen and oxygen atoms in total. The van der Waals surface area contributed by atoms with Gasteiger partial charge < -0.3 is 4.74 Å². The second kappa shape index (κ2) is 8.94. The second-order valence-corrected chi connectivity index (χ2v) is 8.63. The maximum atomic E-state index is 13.5. The number of benzene rings is 2. The molecule has 0 amide bonds. The lowest BCUT2D eigenvalue weighted by molar-refractivity contribution is -0.138. The van der Waals surface area contributed by atoms with E-state index in [1.165, 1.54) is 36.5 Å². The summed E-state index contributed by atoms with van der Waals surface area (Å²) < 4.78 is 69.7. The number of anilines is 1. The molecule has 0 fully saturated rings. The van der Waals surface area contributed by atoms with Crippen LogP contribution >= 0.6 is 23.5 Å². The zero-order valence-electron chi connectivity index (χ0n) is 14.9. The van der Waals surface area contributed by atoms with Crippen molar-refractivity contribution in [3.8, 4) is 17.7 Å². The summed E-state index contributed by atoms with van der Waals surface area (Å²) in [6, 6.07) is 8.07. The topological polar surface area (TPSA) is 82.8 Å². The van der Waals surface area contributed by atoms with Gasteiger partial charge in [-0.3, -0.25) is 0 Å². The van der Waals surface area contributed by atoms with E-state index in [9.17, 15) is 21.6 Å². The summed E-state index contributed by atoms with van der Waals surface area (Å²) in [5, 5.41) is 8.64. The lowest BCUT2D eigenvalue weighted by atomic mass is 10.1. The Hall–Kier alpha value is -2.42. The number of ether oxygens (including phenoxy) is 1. The lowest BCUT2D eigenvalue weighted by Crippen LogP contribution is -2.18. The van der Waals surface area contributed by atoms with Crippen molar-refractivity contribution in [2.45, 2.75) is 11.1 Å². The van der Waals surface area contributed by atoms with Gasteiger partial charge >= 0.3 is 6.18 Å². The van der Waals surface area contributed by atoms with Crippen molar-refractivity contribution < 1.29 is 26.3 Å². The molecule has 29 heavy (non-hydrogen) atoms. The Balaban J connectivity index is 2.43. The first-order valence-electron chi connectivity index (χ1n) is 7.63. The van der Waals surface area contributed by atoms with Crippen LogP contribution in [0.2, 0.25) is 0 Å². The lowest BCUT2D eigenvalue weighted by Gasteiger charge is -2.19. The van der Waals surface area contributed by atoms with Crippen LogP contribution in [-0.2, 0) is 16.0 Å². The number of hydrogen-bond donors (Lipinski definition) is 0. The molecule has 154 valence electrons. The summed E-state index contributed by atoms with van der Waals surface area (Å²) in [6.07, 6.45) is -0.661. The Morgan fingerprint density at radius 3 is 2.34 bits per heavy atom. The molecule has 12 heteroatoms. The molecule has 0 aliphatic carbocycles. The SMILES string of the molecule is CSC(=NC#N)N(Cl)c1ccc(Oc2ccc(S(C)(=O)=O)cc2)c(C(F)(F)F)c1. The van der Waals surface area contributed by atoms with Gasteiger partial charge in [0.1, 0.15) is 17.1 Å². The molecule has 0 radical (unpaired) electrons. The first-order chi connectivity index (χ1) is 13.5. The van der Waals surface area contributed by atoms with E-state index in [0.717, 1.165) is 34.6 Å². The van der Waals surface area contributed by atoms with Gasteiger partial charge in [-0.25, -0.2) is 12.8 Å². The number of amidine groups is 1. The van der Waals surface area contributed by atoms with Crippen molar-refractivity contribution >= 4 is 44.2 Å². The molecule has 0 saturated heterocycles. The van der Waals surface area contributed by atoms with Crippen LogP contribution < -0.4 is 9.16 Å². The molecular formula is C17H13ClF3N3O3S2. The highest BCUT2D eigenvalue weighted by Crippen LogP contribution is 2.41. The molecule has 0 bridgehead atoms. The highest BCUT2D eigenvalue weighted by molar-refractivity contribution is 8.13. The van der Waals surface area contributed by atoms with Gasteiger partial charge in [-0.2, -0.15) is 18.4 Å². The van der Waals surface area contributed by atoms with Crippen molar-refractivity contribution in [1.82, 2.24) is 0 Å². The molecule has 0 aromatic heterocycles. The second-order valence-electron chi connectivity index (χ2n) is 5.50. The van der Waals surface area contributed by atoms with E-state index in [1.54, 1.807) is 6.26 Å². The largest absolute Gasteiger partial charge is 0.457 e. The maximum absolute atomic E-state index is 13.5. The molecule has 0 unspecified atom stereocenters. The van der Waals surface area contributed by atoms with Gasteiger partial charge in [-0.15, -0.1) is 4.99 Å². The van der Waals surface area contributed by atoms with E-state index < -0.39 is 27.3 Å². The van der Waals surface area contributed by atoms with Crippen molar-refractivity contribution in [2.75, 3.05) is 16.9 Å². The zero-order valence-corrected chi connectivity index (χ0v) is 17.3. The number of sulfone groups is 1. The summed E-state index contributed by atoms with van der Waals surface area (Å²) in [7, 11) is -3.45. The molecule has 0 heterocycles. The first kappa shape index (κ1) is 22.9. The van der Waals surface area contributed by atoms with E-state index in [-0.39, 0.29) is 21.5 Å². The quantitative estimate of drug-likeness (QED) is 0.273. The number of nitrogens with zero attached hydrogens (tertiary/aromatic N) is 3. The molecule has 2 aromatic carbocycles. The van der Waals surface area contributed by atoms with Crippen LogP contribution in [0.25, 0.3) is 0 Å². The summed E-state index contributed by atoms with van der Waals surface area (Å²) in [5.41, 5.74) is -1.17. The third-order valence-electron chi connectivity index (χ3n) is 3.47. The van der Waals surface area contributed by atoms with Crippen molar-refractivity contribution in [3.05, 3.63) is 48.0 Å². The van der Waals surface area contributed by atoms with E-state index in [1.807, 2.05) is 0 Å². The molecule has 0 aliphatic heterocycles. The van der Waals surface area contributed by atoms with Crippen molar-refractivity contribution in [2.24, 2.45) is 4.99 Å². The van der Waals surface area contributed by atoms with Gasteiger partial charge in [0.15, 0.2) is 15.0 Å². The maximum Gasteiger partial charge on any atom is 0.420 e. The van der Waals surface area contributed by atoms with Crippen LogP contribution in [0.15, 0.2) is 52.4 Å². The van der Waals surface area contributed by atoms with Crippen LogP contribution in [0, 0.1) is 11.5 Å². The fraction of sp³-hybridized carbons (Fsp3) is 0.176. The van der Waals surface area contributed by atoms with Gasteiger partial charge in [0, 0.05) is 18.0 Å². The van der Waals surface area contributed by atoms with Gasteiger partial charge in [-0.05, 0) is 48.7 Å². The number of thioether (sulfide) groups is 1. The predicted molar refractivity (Wildman–Crippen MR) is 106 cm³/mol. The molecule has 0 N–H and O–H groups in total. The van der Waals surface area contributed by atoms with E-state index in [0.29, 0.717) is 0 Å². The molecule has 2 aromatic rings. The van der Waals surface area contributed by atoms with Crippen LogP contribution in [0.4, 0.5) is 18.9 Å². The molecule has 0 aliphatic rings. The number of aliphatic imine (C=N–C) groups is 1. The van der Waals surface area contributed by atoms with Crippen LogP contribution in [0.5, 0.6) is 11.5 Å². The minimum atomic E-state index is -4.76. The minimum absolute atomic E-state index is 0.00711. The summed E-state index contributed by atoms with van der Waals surface area (Å²) >= 11 is 6.99. The Morgan fingerprint density at radius 2 is 1.86 bits per heavy atom. The normalized spacial score (nSPS) is 12.4. The predicted octanol–water partition coefficient (Wildman–Crippen LogP) is 5.06. The highest BCUT2D eigenvalue weighted by Gasteiger charge is 2.35. The number of rotatable bonds is 4. The Bertz CT molecular complexity index is 1070.